The van der Waals surface area contributed by atoms with Gasteiger partial charge in [-0.3, -0.25) is 0 Å². The molecule has 0 saturated heterocycles. The topological polar surface area (TPSA) is 21.1 Å². The molecular weight excluding hydrogens is 362 g/mol. The van der Waals surface area contributed by atoms with Gasteiger partial charge in [-0.1, -0.05) is 42.0 Å². The second-order valence-electron chi connectivity index (χ2n) is 7.83. The van der Waals surface area contributed by atoms with Crippen LogP contribution in [0.2, 0.25) is 0 Å². The summed E-state index contributed by atoms with van der Waals surface area (Å²) in [7, 11) is 2.23. The first-order valence-electron chi connectivity index (χ1n) is 9.98. The molecule has 5 rings (SSSR count). The Hall–Kier alpha value is -2.43. The summed E-state index contributed by atoms with van der Waals surface area (Å²) in [5, 5.41) is 4.85. The maximum atomic E-state index is 4.90. The minimum Gasteiger partial charge on any atom is -0.343 e. The number of nitrogens with zero attached hydrogens (tertiary/aromatic N) is 3. The molecule has 4 aromatic rings. The Bertz CT molecular complexity index is 1120. The molecule has 0 amide bonds. The fourth-order valence-corrected chi connectivity index (χ4v) is 5.11. The van der Waals surface area contributed by atoms with Crippen LogP contribution in [0.1, 0.15) is 21.8 Å². The van der Waals surface area contributed by atoms with E-state index in [2.05, 4.69) is 77.3 Å². The third kappa shape index (κ3) is 3.17. The molecule has 0 radical (unpaired) electrons. The molecule has 4 heteroatoms. The molecule has 28 heavy (non-hydrogen) atoms. The molecule has 0 fully saturated rings. The van der Waals surface area contributed by atoms with Gasteiger partial charge in [0.1, 0.15) is 0 Å². The summed E-state index contributed by atoms with van der Waals surface area (Å²) in [6.45, 7) is 5.37. The van der Waals surface area contributed by atoms with Crippen molar-refractivity contribution in [3.05, 3.63) is 75.7 Å². The Kier molecular flexibility index (Phi) is 4.53. The van der Waals surface area contributed by atoms with Gasteiger partial charge in [0.2, 0.25) is 0 Å². The first-order valence-corrected chi connectivity index (χ1v) is 10.9. The summed E-state index contributed by atoms with van der Waals surface area (Å²) in [6.07, 6.45) is 2.12. The third-order valence-electron chi connectivity index (χ3n) is 5.78. The summed E-state index contributed by atoms with van der Waals surface area (Å²) in [5.41, 5.74) is 8.07. The molecule has 1 aliphatic heterocycles. The summed E-state index contributed by atoms with van der Waals surface area (Å²) in [4.78, 5) is 7.33. The molecular formula is C24H25N3S. The average Bonchev–Trinajstić information content (AvgIpc) is 3.29. The first-order chi connectivity index (χ1) is 13.7. The number of hydrogen-bond acceptors (Lipinski definition) is 3. The van der Waals surface area contributed by atoms with Crippen LogP contribution in [0.5, 0.6) is 0 Å². The van der Waals surface area contributed by atoms with Gasteiger partial charge in [0.05, 0.1) is 10.7 Å². The van der Waals surface area contributed by atoms with E-state index in [4.69, 9.17) is 4.98 Å². The van der Waals surface area contributed by atoms with Crippen molar-refractivity contribution in [1.29, 1.82) is 0 Å². The van der Waals surface area contributed by atoms with Gasteiger partial charge in [-0.05, 0) is 38.1 Å². The van der Waals surface area contributed by atoms with E-state index in [1.54, 1.807) is 16.9 Å². The van der Waals surface area contributed by atoms with E-state index in [1.165, 1.54) is 32.7 Å². The molecule has 0 N–H and O–H groups in total. The minimum absolute atomic E-state index is 0.977. The smallest absolute Gasteiger partial charge is 0.0950 e. The van der Waals surface area contributed by atoms with Gasteiger partial charge in [-0.25, -0.2) is 4.98 Å². The predicted molar refractivity (Wildman–Crippen MR) is 118 cm³/mol. The number of hydrogen-bond donors (Lipinski definition) is 0. The van der Waals surface area contributed by atoms with Gasteiger partial charge in [-0.15, -0.1) is 11.3 Å². The Morgan fingerprint density at radius 2 is 1.96 bits per heavy atom. The number of benzene rings is 2. The van der Waals surface area contributed by atoms with Crippen LogP contribution in [-0.4, -0.2) is 28.0 Å². The lowest BCUT2D eigenvalue weighted by atomic mass is 10.0. The van der Waals surface area contributed by atoms with Crippen LogP contribution in [0, 0.1) is 6.92 Å². The summed E-state index contributed by atoms with van der Waals surface area (Å²) >= 11 is 1.78. The second-order valence-corrected chi connectivity index (χ2v) is 8.77. The summed E-state index contributed by atoms with van der Waals surface area (Å²) in [5.74, 6) is 0. The molecule has 3 heterocycles. The molecule has 3 nitrogen and oxygen atoms in total. The van der Waals surface area contributed by atoms with Crippen LogP contribution < -0.4 is 0 Å². The highest BCUT2D eigenvalue weighted by Crippen LogP contribution is 2.32. The third-order valence-corrected chi connectivity index (χ3v) is 6.68. The molecule has 0 atom stereocenters. The lowest BCUT2D eigenvalue weighted by Gasteiger charge is -2.24. The highest BCUT2D eigenvalue weighted by atomic mass is 32.1. The molecule has 1 aliphatic rings. The van der Waals surface area contributed by atoms with Gasteiger partial charge < -0.3 is 9.47 Å². The van der Waals surface area contributed by atoms with Crippen LogP contribution in [0.15, 0.2) is 53.9 Å². The van der Waals surface area contributed by atoms with Crippen LogP contribution >= 0.6 is 11.3 Å². The number of aryl methyl sites for hydroxylation is 3. The van der Waals surface area contributed by atoms with Gasteiger partial charge in [0.15, 0.2) is 0 Å². The fourth-order valence-electron chi connectivity index (χ4n) is 4.32. The summed E-state index contributed by atoms with van der Waals surface area (Å²) in [6, 6.07) is 17.4. The quantitative estimate of drug-likeness (QED) is 0.473. The van der Waals surface area contributed by atoms with E-state index in [0.29, 0.717) is 0 Å². The van der Waals surface area contributed by atoms with E-state index >= 15 is 0 Å². The molecule has 0 unspecified atom stereocenters. The standard InChI is InChI=1S/C24H25N3S/c1-17-8-9-22-20(14-17)19-10-12-26(2)15-23(19)27(22)13-11-24-25-21(16-28-24)18-6-4-3-5-7-18/h3-9,14,16H,10-13,15H2,1-2H3. The Labute approximate surface area is 170 Å². The van der Waals surface area contributed by atoms with Gasteiger partial charge in [-0.2, -0.15) is 0 Å². The number of likely N-dealkylation sites (N-methyl/N-ethyl adjacent to an activating group) is 1. The normalized spacial score (nSPS) is 14.5. The molecule has 2 aromatic heterocycles. The van der Waals surface area contributed by atoms with Crippen molar-refractivity contribution in [3.8, 4) is 11.3 Å². The van der Waals surface area contributed by atoms with E-state index in [9.17, 15) is 0 Å². The van der Waals surface area contributed by atoms with E-state index < -0.39 is 0 Å². The predicted octanol–water partition coefficient (Wildman–Crippen LogP) is 5.30. The highest BCUT2D eigenvalue weighted by Gasteiger charge is 2.22. The zero-order valence-corrected chi connectivity index (χ0v) is 17.3. The molecule has 0 saturated carbocycles. The Balaban J connectivity index is 1.46. The molecule has 2 aromatic carbocycles. The lowest BCUT2D eigenvalue weighted by Crippen LogP contribution is -2.28. The molecule has 0 aliphatic carbocycles. The summed E-state index contributed by atoms with van der Waals surface area (Å²) < 4.78 is 2.54. The van der Waals surface area contributed by atoms with Crippen LogP contribution in [0.3, 0.4) is 0 Å². The second kappa shape index (κ2) is 7.19. The van der Waals surface area contributed by atoms with E-state index in [-0.39, 0.29) is 0 Å². The Morgan fingerprint density at radius 3 is 2.82 bits per heavy atom. The maximum Gasteiger partial charge on any atom is 0.0950 e. The fraction of sp³-hybridized carbons (Fsp3) is 0.292. The highest BCUT2D eigenvalue weighted by molar-refractivity contribution is 7.09. The van der Waals surface area contributed by atoms with Crippen molar-refractivity contribution in [1.82, 2.24) is 14.5 Å². The molecule has 142 valence electrons. The number of fused-ring (bicyclic) bond motifs is 3. The largest absolute Gasteiger partial charge is 0.343 e. The van der Waals surface area contributed by atoms with Crippen molar-refractivity contribution in [2.45, 2.75) is 32.9 Å². The van der Waals surface area contributed by atoms with Crippen LogP contribution in [0.25, 0.3) is 22.2 Å². The zero-order chi connectivity index (χ0) is 19.1. The number of thiazole rings is 1. The van der Waals surface area contributed by atoms with Crippen molar-refractivity contribution in [3.63, 3.8) is 0 Å². The van der Waals surface area contributed by atoms with Crippen molar-refractivity contribution < 1.29 is 0 Å². The maximum absolute atomic E-state index is 4.90. The number of aromatic nitrogens is 2. The van der Waals surface area contributed by atoms with E-state index in [0.717, 1.165) is 38.2 Å². The zero-order valence-electron chi connectivity index (χ0n) is 16.5. The SMILES string of the molecule is Cc1ccc2c(c1)c1c(n2CCc2nc(-c3ccccc3)cs2)CN(C)CC1. The minimum atomic E-state index is 0.977. The van der Waals surface area contributed by atoms with E-state index in [1.807, 2.05) is 0 Å². The van der Waals surface area contributed by atoms with Gasteiger partial charge in [0, 0.05) is 53.6 Å². The van der Waals surface area contributed by atoms with Crippen molar-refractivity contribution in [2.24, 2.45) is 0 Å². The van der Waals surface area contributed by atoms with Crippen LogP contribution in [0.4, 0.5) is 0 Å². The monoisotopic (exact) mass is 387 g/mol. The van der Waals surface area contributed by atoms with Crippen molar-refractivity contribution >= 4 is 22.2 Å². The Morgan fingerprint density at radius 1 is 1.11 bits per heavy atom. The number of rotatable bonds is 4. The van der Waals surface area contributed by atoms with Gasteiger partial charge in [0.25, 0.3) is 0 Å². The first kappa shape index (κ1) is 17.7. The lowest BCUT2D eigenvalue weighted by molar-refractivity contribution is 0.303. The molecule has 0 spiro atoms. The molecule has 0 bridgehead atoms. The van der Waals surface area contributed by atoms with Gasteiger partial charge >= 0.3 is 0 Å². The average molecular weight is 388 g/mol. The van der Waals surface area contributed by atoms with Crippen molar-refractivity contribution in [2.75, 3.05) is 13.6 Å². The van der Waals surface area contributed by atoms with Crippen LogP contribution in [-0.2, 0) is 25.9 Å².